The normalized spacial score (nSPS) is 18.6. The van der Waals surface area contributed by atoms with Gasteiger partial charge in [0.15, 0.2) is 11.5 Å². The first kappa shape index (κ1) is 22.0. The first-order valence-corrected chi connectivity index (χ1v) is 12.0. The number of rotatable bonds is 7. The van der Waals surface area contributed by atoms with Gasteiger partial charge in [-0.15, -0.1) is 0 Å². The number of pyridine rings is 1. The molecule has 182 valence electrons. The third-order valence-corrected chi connectivity index (χ3v) is 6.87. The predicted octanol–water partition coefficient (Wildman–Crippen LogP) is 4.32. The highest BCUT2D eigenvalue weighted by molar-refractivity contribution is 5.88. The standard InChI is InChI=1S/C27H28N2O6/c1-31-19-7-8-22(32-2)20(12-19)26-17(10-16-11-24-25(35-15-34-24)13-21(16)28-26)14-29(18-5-6-18)27(30)23-4-3-9-33-23/h7-8,10-13,18,23H,3-6,9,14-15H2,1-2H3. The molecule has 8 heteroatoms. The van der Waals surface area contributed by atoms with Crippen LogP contribution in [0.25, 0.3) is 22.2 Å². The molecule has 6 rings (SSSR count). The van der Waals surface area contributed by atoms with E-state index in [1.807, 2.05) is 35.2 Å². The van der Waals surface area contributed by atoms with Crippen molar-refractivity contribution in [1.82, 2.24) is 9.88 Å². The highest BCUT2D eigenvalue weighted by atomic mass is 16.7. The molecule has 35 heavy (non-hydrogen) atoms. The molecular weight excluding hydrogens is 448 g/mol. The van der Waals surface area contributed by atoms with Crippen LogP contribution in [0, 0.1) is 0 Å². The second-order valence-electron chi connectivity index (χ2n) is 9.16. The van der Waals surface area contributed by atoms with E-state index in [2.05, 4.69) is 6.07 Å². The van der Waals surface area contributed by atoms with E-state index >= 15 is 0 Å². The van der Waals surface area contributed by atoms with Crippen molar-refractivity contribution in [3.05, 3.63) is 42.0 Å². The lowest BCUT2D eigenvalue weighted by Gasteiger charge is -2.26. The summed E-state index contributed by atoms with van der Waals surface area (Å²) in [5.41, 5.74) is 3.27. The molecule has 0 spiro atoms. The first-order valence-electron chi connectivity index (χ1n) is 12.0. The van der Waals surface area contributed by atoms with Gasteiger partial charge in [0.25, 0.3) is 5.91 Å². The summed E-state index contributed by atoms with van der Waals surface area (Å²) in [5.74, 6) is 2.83. The van der Waals surface area contributed by atoms with E-state index in [4.69, 9.17) is 28.7 Å². The van der Waals surface area contributed by atoms with E-state index in [1.165, 1.54) is 0 Å². The summed E-state index contributed by atoms with van der Waals surface area (Å²) < 4.78 is 28.1. The Kier molecular flexibility index (Phi) is 5.60. The largest absolute Gasteiger partial charge is 0.497 e. The molecule has 8 nitrogen and oxygen atoms in total. The molecule has 1 atom stereocenters. The van der Waals surface area contributed by atoms with Crippen LogP contribution < -0.4 is 18.9 Å². The van der Waals surface area contributed by atoms with Crippen LogP contribution in [0.2, 0.25) is 0 Å². The molecule has 3 aliphatic rings. The molecule has 2 aromatic carbocycles. The van der Waals surface area contributed by atoms with Crippen molar-refractivity contribution in [2.75, 3.05) is 27.6 Å². The zero-order valence-electron chi connectivity index (χ0n) is 19.9. The predicted molar refractivity (Wildman–Crippen MR) is 129 cm³/mol. The van der Waals surface area contributed by atoms with Crippen molar-refractivity contribution in [1.29, 1.82) is 0 Å². The van der Waals surface area contributed by atoms with Gasteiger partial charge in [-0.05, 0) is 61.6 Å². The SMILES string of the molecule is COc1ccc(OC)c(-c2nc3cc4c(cc3cc2CN(C(=O)C2CCCO2)C2CC2)OCO4)c1. The van der Waals surface area contributed by atoms with E-state index in [9.17, 15) is 4.79 Å². The Morgan fingerprint density at radius 3 is 2.60 bits per heavy atom. The Hall–Kier alpha value is -3.52. The van der Waals surface area contributed by atoms with Crippen LogP contribution in [-0.2, 0) is 16.1 Å². The van der Waals surface area contributed by atoms with Crippen molar-refractivity contribution < 1.29 is 28.5 Å². The minimum atomic E-state index is -0.354. The van der Waals surface area contributed by atoms with Gasteiger partial charge in [-0.25, -0.2) is 4.98 Å². The summed E-state index contributed by atoms with van der Waals surface area (Å²) in [6.45, 7) is 1.28. The van der Waals surface area contributed by atoms with Crippen LogP contribution in [0.3, 0.4) is 0 Å². The summed E-state index contributed by atoms with van der Waals surface area (Å²) in [6, 6.07) is 11.8. The van der Waals surface area contributed by atoms with Gasteiger partial charge < -0.3 is 28.6 Å². The fourth-order valence-electron chi connectivity index (χ4n) is 4.87. The van der Waals surface area contributed by atoms with Crippen LogP contribution >= 0.6 is 0 Å². The van der Waals surface area contributed by atoms with Gasteiger partial charge in [-0.1, -0.05) is 0 Å². The average Bonchev–Trinajstić information content (AvgIpc) is 3.37. The van der Waals surface area contributed by atoms with Crippen LogP contribution in [0.1, 0.15) is 31.2 Å². The highest BCUT2D eigenvalue weighted by Crippen LogP contribution is 2.41. The molecule has 0 radical (unpaired) electrons. The van der Waals surface area contributed by atoms with E-state index < -0.39 is 0 Å². The fourth-order valence-corrected chi connectivity index (χ4v) is 4.87. The van der Waals surface area contributed by atoms with Crippen molar-refractivity contribution in [3.63, 3.8) is 0 Å². The third-order valence-electron chi connectivity index (χ3n) is 6.87. The highest BCUT2D eigenvalue weighted by Gasteiger charge is 2.38. The van der Waals surface area contributed by atoms with E-state index in [1.54, 1.807) is 14.2 Å². The van der Waals surface area contributed by atoms with Crippen LogP contribution in [0.4, 0.5) is 0 Å². The number of fused-ring (bicyclic) bond motifs is 2. The molecule has 2 aliphatic heterocycles. The maximum absolute atomic E-state index is 13.4. The minimum Gasteiger partial charge on any atom is -0.497 e. The van der Waals surface area contributed by atoms with Crippen molar-refractivity contribution >= 4 is 16.8 Å². The van der Waals surface area contributed by atoms with Gasteiger partial charge >= 0.3 is 0 Å². The number of hydrogen-bond donors (Lipinski definition) is 0. The zero-order valence-corrected chi connectivity index (χ0v) is 19.9. The molecule has 0 N–H and O–H groups in total. The van der Waals surface area contributed by atoms with E-state index in [0.717, 1.165) is 53.4 Å². The Morgan fingerprint density at radius 1 is 1.06 bits per heavy atom. The number of ether oxygens (including phenoxy) is 5. The Labute approximate surface area is 203 Å². The molecule has 1 amide bonds. The molecule has 1 saturated heterocycles. The molecule has 1 aromatic heterocycles. The number of benzene rings is 2. The summed E-state index contributed by atoms with van der Waals surface area (Å²) in [6.07, 6.45) is 3.36. The lowest BCUT2D eigenvalue weighted by atomic mass is 10.0. The number of hydrogen-bond acceptors (Lipinski definition) is 7. The lowest BCUT2D eigenvalue weighted by molar-refractivity contribution is -0.142. The number of aromatic nitrogens is 1. The fraction of sp³-hybridized carbons (Fsp3) is 0.407. The third kappa shape index (κ3) is 4.12. The minimum absolute atomic E-state index is 0.0688. The molecule has 2 fully saturated rings. The van der Waals surface area contributed by atoms with Gasteiger partial charge in [0.05, 0.1) is 25.4 Å². The molecule has 3 heterocycles. The summed E-state index contributed by atoms with van der Waals surface area (Å²) in [5, 5.41) is 0.926. The van der Waals surface area contributed by atoms with Gasteiger partial charge in [0.1, 0.15) is 17.6 Å². The maximum atomic E-state index is 13.4. The number of carbonyl (C=O) groups is 1. The Balaban J connectivity index is 1.49. The second-order valence-corrected chi connectivity index (χ2v) is 9.16. The molecule has 1 unspecified atom stereocenters. The molecule has 1 aliphatic carbocycles. The van der Waals surface area contributed by atoms with Gasteiger partial charge in [0.2, 0.25) is 6.79 Å². The molecule has 1 saturated carbocycles. The number of methoxy groups -OCH3 is 2. The van der Waals surface area contributed by atoms with Crippen LogP contribution in [-0.4, -0.2) is 55.6 Å². The van der Waals surface area contributed by atoms with Crippen LogP contribution in [0.15, 0.2) is 36.4 Å². The van der Waals surface area contributed by atoms with E-state index in [-0.39, 0.29) is 24.8 Å². The Morgan fingerprint density at radius 2 is 1.89 bits per heavy atom. The van der Waals surface area contributed by atoms with Gasteiger partial charge in [-0.2, -0.15) is 0 Å². The number of nitrogens with zero attached hydrogens (tertiary/aromatic N) is 2. The lowest BCUT2D eigenvalue weighted by Crippen LogP contribution is -2.40. The molecule has 0 bridgehead atoms. The molecule has 3 aromatic rings. The second kappa shape index (κ2) is 8.92. The van der Waals surface area contributed by atoms with Crippen molar-refractivity contribution in [2.45, 2.75) is 44.4 Å². The summed E-state index contributed by atoms with van der Waals surface area (Å²) in [4.78, 5) is 20.4. The van der Waals surface area contributed by atoms with Gasteiger partial charge in [-0.3, -0.25) is 4.79 Å². The topological polar surface area (TPSA) is 79.4 Å². The summed E-state index contributed by atoms with van der Waals surface area (Å²) >= 11 is 0. The van der Waals surface area contributed by atoms with Crippen LogP contribution in [0.5, 0.6) is 23.0 Å². The average molecular weight is 477 g/mol. The zero-order chi connectivity index (χ0) is 23.9. The molecular formula is C27H28N2O6. The van der Waals surface area contributed by atoms with Crippen molar-refractivity contribution in [2.24, 2.45) is 0 Å². The maximum Gasteiger partial charge on any atom is 0.252 e. The monoisotopic (exact) mass is 476 g/mol. The van der Waals surface area contributed by atoms with Crippen molar-refractivity contribution in [3.8, 4) is 34.3 Å². The first-order chi connectivity index (χ1) is 17.1. The Bertz CT molecular complexity index is 1280. The van der Waals surface area contributed by atoms with E-state index in [0.29, 0.717) is 36.1 Å². The quantitative estimate of drug-likeness (QED) is 0.503. The van der Waals surface area contributed by atoms with Gasteiger partial charge in [0, 0.05) is 36.2 Å². The number of amides is 1. The number of carbonyl (C=O) groups excluding carboxylic acids is 1. The smallest absolute Gasteiger partial charge is 0.252 e. The summed E-state index contributed by atoms with van der Waals surface area (Å²) in [7, 11) is 3.28.